The molecule has 5 aliphatic carbocycles. The first-order chi connectivity index (χ1) is 20.2. The third-order valence-corrected chi connectivity index (χ3v) is 10.8. The maximum Gasteiger partial charge on any atom is -0.0197 e. The zero-order chi connectivity index (χ0) is 27.6. The molecule has 5 aliphatic rings. The maximum atomic E-state index is 2.99. The van der Waals surface area contributed by atoms with Crippen molar-refractivity contribution in [3.63, 3.8) is 0 Å². The molecule has 0 saturated heterocycles. The molecule has 0 nitrogen and oxygen atoms in total. The van der Waals surface area contributed by atoms with Gasteiger partial charge in [-0.05, 0) is 22.3 Å². The first-order valence-electron chi connectivity index (χ1n) is 15.3. The number of allylic oxidation sites excluding steroid dienone is 4. The largest absolute Gasteiger partial charge is 0.126 e. The van der Waals surface area contributed by atoms with Gasteiger partial charge in [0.2, 0.25) is 0 Å². The van der Waals surface area contributed by atoms with Gasteiger partial charge in [-0.3, -0.25) is 6.08 Å². The number of hydrogen-bond acceptors (Lipinski definition) is 0. The summed E-state index contributed by atoms with van der Waals surface area (Å²) >= 11 is 2.42. The molecule has 3 heteroatoms. The SMILES string of the molecule is [C-]1=CC=CC1.[Cl-].[Cl-].[Ti+2]=[C]1C2CC3CC(C2)CC1C3.c1ccc(-c2ccc3[cH-]c4ccc(-c5ccccc5)cc4c3c2)cc1. The van der Waals surface area contributed by atoms with E-state index in [1.165, 1.54) is 43.8 Å². The Morgan fingerprint density at radius 1 is 0.581 bits per heavy atom. The predicted octanol–water partition coefficient (Wildman–Crippen LogP) is 4.52. The number of hydrogen-bond donors (Lipinski definition) is 0. The number of fused-ring (bicyclic) bond motifs is 3. The van der Waals surface area contributed by atoms with Gasteiger partial charge in [0.05, 0.1) is 0 Å². The van der Waals surface area contributed by atoms with E-state index in [2.05, 4.69) is 135 Å². The first kappa shape index (κ1) is 31.8. The van der Waals surface area contributed by atoms with E-state index in [0.29, 0.717) is 0 Å². The standard InChI is InChI=1S/C25H17.C10H14.C5H5.2ClH.Ti/c1-3-7-18(8-4-1)20-11-13-22-15-23-14-12-21(17-25(23)24(22)16-20)19-9-5-2-6-10-19;1-7-2-9-4-8(1)5-10(3-7)6-9;1-2-4-5-3-1;;;/h1-17H;7-10H,1-5H2;1-3H,4H2;2*1H;/q-1;;-1;;;+2/p-2. The zero-order valence-electron chi connectivity index (χ0n) is 24.4. The topological polar surface area (TPSA) is 0 Å². The maximum absolute atomic E-state index is 2.99. The molecule has 4 saturated carbocycles. The second-order valence-electron chi connectivity index (χ2n) is 12.2. The van der Waals surface area contributed by atoms with Crippen molar-refractivity contribution >= 4 is 25.4 Å². The molecule has 0 N–H and O–H groups in total. The normalized spacial score (nSPS) is 22.3. The van der Waals surface area contributed by atoms with E-state index in [0.717, 1.165) is 30.1 Å². The summed E-state index contributed by atoms with van der Waals surface area (Å²) in [7, 11) is 0. The predicted molar refractivity (Wildman–Crippen MR) is 172 cm³/mol. The molecule has 0 spiro atoms. The summed E-state index contributed by atoms with van der Waals surface area (Å²) in [4.78, 5) is 0. The molecule has 43 heavy (non-hydrogen) atoms. The fourth-order valence-electron chi connectivity index (χ4n) is 7.65. The third-order valence-electron chi connectivity index (χ3n) is 9.53. The minimum atomic E-state index is 0. The average Bonchev–Trinajstić information content (AvgIpc) is 3.72. The van der Waals surface area contributed by atoms with E-state index in [-0.39, 0.29) is 24.8 Å². The molecular weight excluding hydrogens is 599 g/mol. The second kappa shape index (κ2) is 14.4. The fourth-order valence-corrected chi connectivity index (χ4v) is 8.39. The van der Waals surface area contributed by atoms with Crippen LogP contribution in [0.25, 0.3) is 43.8 Å². The molecule has 0 radical (unpaired) electrons. The summed E-state index contributed by atoms with van der Waals surface area (Å²) in [5.74, 6) is 4.40. The van der Waals surface area contributed by atoms with Gasteiger partial charge in [0, 0.05) is 0 Å². The molecule has 0 atom stereocenters. The van der Waals surface area contributed by atoms with Crippen LogP contribution in [-0.2, 0) is 20.0 Å². The van der Waals surface area contributed by atoms with Gasteiger partial charge in [-0.2, -0.15) is 6.08 Å². The Hall–Kier alpha value is -2.61. The van der Waals surface area contributed by atoms with Crippen molar-refractivity contribution in [2.75, 3.05) is 0 Å². The van der Waals surface area contributed by atoms with Crippen LogP contribution in [0.15, 0.2) is 121 Å². The van der Waals surface area contributed by atoms with Crippen molar-refractivity contribution in [1.82, 2.24) is 0 Å². The molecular formula is C40H36Cl2Ti-2. The van der Waals surface area contributed by atoms with Gasteiger partial charge in [0.1, 0.15) is 0 Å². The number of halogens is 2. The van der Waals surface area contributed by atoms with Crippen LogP contribution in [0.5, 0.6) is 0 Å². The van der Waals surface area contributed by atoms with E-state index >= 15 is 0 Å². The quantitative estimate of drug-likeness (QED) is 0.198. The monoisotopic (exact) mass is 634 g/mol. The number of benzene rings is 4. The van der Waals surface area contributed by atoms with E-state index in [9.17, 15) is 0 Å². The molecule has 0 amide bonds. The van der Waals surface area contributed by atoms with Gasteiger partial charge in [-0.1, -0.05) is 84.9 Å². The molecule has 4 bridgehead atoms. The average molecular weight is 636 g/mol. The Balaban J connectivity index is 0.000000168. The van der Waals surface area contributed by atoms with E-state index in [1.54, 1.807) is 32.1 Å². The Morgan fingerprint density at radius 2 is 1.07 bits per heavy atom. The molecule has 216 valence electrons. The van der Waals surface area contributed by atoms with Gasteiger partial charge >= 0.3 is 79.6 Å². The van der Waals surface area contributed by atoms with E-state index < -0.39 is 0 Å². The van der Waals surface area contributed by atoms with Crippen molar-refractivity contribution < 1.29 is 44.8 Å². The van der Waals surface area contributed by atoms with E-state index in [1.807, 2.05) is 16.0 Å². The Morgan fingerprint density at radius 3 is 1.47 bits per heavy atom. The van der Waals surface area contributed by atoms with Crippen LogP contribution in [0, 0.1) is 29.7 Å². The summed E-state index contributed by atoms with van der Waals surface area (Å²) < 4.78 is 1.87. The zero-order valence-corrected chi connectivity index (χ0v) is 27.4. The Kier molecular flexibility index (Phi) is 10.7. The Labute approximate surface area is 280 Å². The summed E-state index contributed by atoms with van der Waals surface area (Å²) in [6.07, 6.45) is 17.8. The van der Waals surface area contributed by atoms with Crippen LogP contribution in [0.3, 0.4) is 0 Å². The summed E-state index contributed by atoms with van der Waals surface area (Å²) in [6.45, 7) is 0. The third kappa shape index (κ3) is 7.05. The smallest absolute Gasteiger partial charge is 0.0197 e. The molecule has 10 rings (SSSR count). The van der Waals surface area contributed by atoms with Crippen molar-refractivity contribution in [2.45, 2.75) is 38.5 Å². The van der Waals surface area contributed by atoms with Gasteiger partial charge in [0.15, 0.2) is 0 Å². The molecule has 4 fully saturated rings. The van der Waals surface area contributed by atoms with Crippen LogP contribution in [0.1, 0.15) is 38.5 Å². The van der Waals surface area contributed by atoms with Crippen molar-refractivity contribution in [1.29, 1.82) is 0 Å². The molecule has 0 aromatic heterocycles. The van der Waals surface area contributed by atoms with Crippen molar-refractivity contribution in [2.24, 2.45) is 23.7 Å². The summed E-state index contributed by atoms with van der Waals surface area (Å²) in [5, 5.41) is 5.27. The Bertz CT molecular complexity index is 1590. The first-order valence-corrected chi connectivity index (χ1v) is 16.0. The van der Waals surface area contributed by atoms with Gasteiger partial charge in [0.25, 0.3) is 0 Å². The van der Waals surface area contributed by atoms with Gasteiger partial charge in [-0.15, -0.1) is 46.2 Å². The van der Waals surface area contributed by atoms with Gasteiger partial charge < -0.3 is 24.8 Å². The van der Waals surface area contributed by atoms with Crippen molar-refractivity contribution in [3.8, 4) is 22.3 Å². The van der Waals surface area contributed by atoms with Gasteiger partial charge in [-0.25, -0.2) is 12.2 Å². The molecule has 0 heterocycles. The van der Waals surface area contributed by atoms with Crippen molar-refractivity contribution in [3.05, 3.63) is 127 Å². The molecule has 5 aromatic rings. The van der Waals surface area contributed by atoms with E-state index in [4.69, 9.17) is 0 Å². The minimum Gasteiger partial charge on any atom is -0.126 e. The van der Waals surface area contributed by atoms with Crippen LogP contribution < -0.4 is 24.8 Å². The molecule has 5 aromatic carbocycles. The van der Waals surface area contributed by atoms with Crippen LogP contribution in [0.2, 0.25) is 0 Å². The van der Waals surface area contributed by atoms with Crippen LogP contribution in [-0.4, -0.2) is 3.81 Å². The van der Waals surface area contributed by atoms with Crippen LogP contribution >= 0.6 is 0 Å². The summed E-state index contributed by atoms with van der Waals surface area (Å²) in [6, 6.07) is 37.0. The fraction of sp³-hybridized carbons (Fsp3) is 0.250. The summed E-state index contributed by atoms with van der Waals surface area (Å²) in [5.41, 5.74) is 5.06. The minimum absolute atomic E-state index is 0. The molecule has 0 unspecified atom stereocenters. The number of rotatable bonds is 2. The van der Waals surface area contributed by atoms with Crippen LogP contribution in [0.4, 0.5) is 0 Å². The molecule has 0 aliphatic heterocycles. The second-order valence-corrected chi connectivity index (χ2v) is 13.1.